The maximum atomic E-state index is 13.2. The molecule has 0 fully saturated rings. The van der Waals surface area contributed by atoms with Gasteiger partial charge in [0.25, 0.3) is 0 Å². The molecule has 0 aliphatic carbocycles. The number of amides is 1. The molecule has 2 rings (SSSR count). The van der Waals surface area contributed by atoms with E-state index < -0.39 is 26.8 Å². The van der Waals surface area contributed by atoms with Gasteiger partial charge in [-0.05, 0) is 62.6 Å². The van der Waals surface area contributed by atoms with Gasteiger partial charge in [-0.25, -0.2) is 0 Å². The second kappa shape index (κ2) is 12.5. The molecule has 0 aliphatic heterocycles. The monoisotopic (exact) mass is 529 g/mol. The van der Waals surface area contributed by atoms with Gasteiger partial charge in [-0.1, -0.05) is 38.8 Å². The number of hydrogen-bond donors (Lipinski definition) is 0. The van der Waals surface area contributed by atoms with E-state index in [1.165, 1.54) is 19.2 Å². The number of rotatable bonds is 12. The Labute approximate surface area is 211 Å². The van der Waals surface area contributed by atoms with Crippen LogP contribution in [0, 0.1) is 5.92 Å². The molecular formula is C26H34F3NO5S. The van der Waals surface area contributed by atoms with E-state index in [-0.39, 0.29) is 35.9 Å². The summed E-state index contributed by atoms with van der Waals surface area (Å²) in [7, 11) is -3.27. The van der Waals surface area contributed by atoms with Crippen LogP contribution < -0.4 is 8.92 Å². The van der Waals surface area contributed by atoms with Crippen LogP contribution in [0.5, 0.6) is 11.5 Å². The average molecular weight is 530 g/mol. The van der Waals surface area contributed by atoms with Crippen LogP contribution >= 0.6 is 0 Å². The van der Waals surface area contributed by atoms with Crippen molar-refractivity contribution in [1.82, 2.24) is 4.90 Å². The highest BCUT2D eigenvalue weighted by molar-refractivity contribution is 7.87. The largest absolute Gasteiger partial charge is 0.493 e. The fourth-order valence-electron chi connectivity index (χ4n) is 3.78. The van der Waals surface area contributed by atoms with Crippen molar-refractivity contribution in [2.75, 3.05) is 7.11 Å². The highest BCUT2D eigenvalue weighted by Crippen LogP contribution is 2.34. The Morgan fingerprint density at radius 2 is 1.75 bits per heavy atom. The number of carbonyl (C=O) groups is 1. The summed E-state index contributed by atoms with van der Waals surface area (Å²) in [6.45, 7) is 8.08. The second-order valence-electron chi connectivity index (χ2n) is 8.86. The molecule has 1 amide bonds. The SMILES string of the molecule is CCCC[C@H](CC)C(=O)N(Cc1ccc(OC)c(OS(=O)(=O)c2cccc(C(F)(F)F)c2)c1)C(C)C. The standard InChI is InChI=1S/C26H34F3NO5S/c1-6-8-10-20(7-2)25(31)30(18(3)4)17-19-13-14-23(34-5)24(15-19)35-36(32,33)22-12-9-11-21(16-22)26(27,28)29/h9,11-16,18,20H,6-8,10,17H2,1-5H3/t20-/m0/s1. The minimum absolute atomic E-state index is 0.0239. The van der Waals surface area contributed by atoms with Gasteiger partial charge in [0.05, 0.1) is 12.7 Å². The number of halogens is 3. The molecule has 0 heterocycles. The first kappa shape index (κ1) is 29.5. The van der Waals surface area contributed by atoms with Crippen LogP contribution in [0.25, 0.3) is 0 Å². The summed E-state index contributed by atoms with van der Waals surface area (Å²) in [5.74, 6) is -0.175. The van der Waals surface area contributed by atoms with Crippen LogP contribution in [0.15, 0.2) is 47.4 Å². The zero-order chi connectivity index (χ0) is 27.1. The van der Waals surface area contributed by atoms with E-state index in [2.05, 4.69) is 6.92 Å². The molecule has 0 saturated heterocycles. The van der Waals surface area contributed by atoms with Crippen molar-refractivity contribution in [3.05, 3.63) is 53.6 Å². The highest BCUT2D eigenvalue weighted by Gasteiger charge is 2.32. The quantitative estimate of drug-likeness (QED) is 0.296. The van der Waals surface area contributed by atoms with Crippen LogP contribution in [0.4, 0.5) is 13.2 Å². The average Bonchev–Trinajstić information content (AvgIpc) is 2.82. The number of hydrogen-bond acceptors (Lipinski definition) is 5. The predicted molar refractivity (Wildman–Crippen MR) is 131 cm³/mol. The van der Waals surface area contributed by atoms with Gasteiger partial charge in [-0.3, -0.25) is 4.79 Å². The summed E-state index contributed by atoms with van der Waals surface area (Å²) < 4.78 is 75.3. The third kappa shape index (κ3) is 7.62. The van der Waals surface area contributed by atoms with E-state index in [0.29, 0.717) is 18.1 Å². The van der Waals surface area contributed by atoms with Crippen LogP contribution in [0.2, 0.25) is 0 Å². The van der Waals surface area contributed by atoms with Gasteiger partial charge < -0.3 is 13.8 Å². The van der Waals surface area contributed by atoms with Crippen molar-refractivity contribution in [2.45, 2.75) is 77.0 Å². The van der Waals surface area contributed by atoms with Gasteiger partial charge in [0.1, 0.15) is 4.90 Å². The van der Waals surface area contributed by atoms with E-state index in [1.54, 1.807) is 11.0 Å². The Morgan fingerprint density at radius 1 is 1.06 bits per heavy atom. The van der Waals surface area contributed by atoms with Gasteiger partial charge in [0.15, 0.2) is 11.5 Å². The number of methoxy groups -OCH3 is 1. The fourth-order valence-corrected chi connectivity index (χ4v) is 4.76. The molecule has 1 atom stereocenters. The van der Waals surface area contributed by atoms with Crippen molar-refractivity contribution in [2.24, 2.45) is 5.92 Å². The summed E-state index contributed by atoms with van der Waals surface area (Å²) in [6, 6.07) is 7.85. The smallest absolute Gasteiger partial charge is 0.416 e. The van der Waals surface area contributed by atoms with Crippen molar-refractivity contribution < 1.29 is 35.3 Å². The van der Waals surface area contributed by atoms with E-state index in [1.807, 2.05) is 20.8 Å². The Morgan fingerprint density at radius 3 is 2.31 bits per heavy atom. The van der Waals surface area contributed by atoms with Crippen LogP contribution in [0.1, 0.15) is 64.5 Å². The van der Waals surface area contributed by atoms with Crippen LogP contribution in [-0.2, 0) is 27.6 Å². The molecule has 0 N–H and O–H groups in total. The fraction of sp³-hybridized carbons (Fsp3) is 0.500. The van der Waals surface area contributed by atoms with Crippen molar-refractivity contribution in [3.8, 4) is 11.5 Å². The zero-order valence-electron chi connectivity index (χ0n) is 21.3. The number of benzene rings is 2. The molecular weight excluding hydrogens is 495 g/mol. The third-order valence-electron chi connectivity index (χ3n) is 5.89. The summed E-state index contributed by atoms with van der Waals surface area (Å²) >= 11 is 0. The lowest BCUT2D eigenvalue weighted by Gasteiger charge is -2.31. The van der Waals surface area contributed by atoms with Gasteiger partial charge in [0, 0.05) is 18.5 Å². The summed E-state index contributed by atoms with van der Waals surface area (Å²) in [6.07, 6.45) is -1.26. The summed E-state index contributed by atoms with van der Waals surface area (Å²) in [5, 5.41) is 0. The molecule has 2 aromatic rings. The van der Waals surface area contributed by atoms with Gasteiger partial charge in [-0.2, -0.15) is 21.6 Å². The number of carbonyl (C=O) groups excluding carboxylic acids is 1. The minimum Gasteiger partial charge on any atom is -0.493 e. The molecule has 0 spiro atoms. The van der Waals surface area contributed by atoms with Crippen LogP contribution in [0.3, 0.4) is 0 Å². The molecule has 0 aliphatic rings. The number of nitrogens with zero attached hydrogens (tertiary/aromatic N) is 1. The second-order valence-corrected chi connectivity index (χ2v) is 10.4. The zero-order valence-corrected chi connectivity index (χ0v) is 22.1. The van der Waals surface area contributed by atoms with Gasteiger partial charge >= 0.3 is 16.3 Å². The molecule has 0 aromatic heterocycles. The van der Waals surface area contributed by atoms with E-state index in [0.717, 1.165) is 37.5 Å². The topological polar surface area (TPSA) is 72.9 Å². The molecule has 0 saturated carbocycles. The predicted octanol–water partition coefficient (Wildman–Crippen LogP) is 6.44. The first-order chi connectivity index (χ1) is 16.8. The lowest BCUT2D eigenvalue weighted by molar-refractivity contribution is -0.139. The third-order valence-corrected chi connectivity index (χ3v) is 7.12. The Kier molecular flexibility index (Phi) is 10.2. The number of unbranched alkanes of at least 4 members (excludes halogenated alkanes) is 1. The maximum Gasteiger partial charge on any atom is 0.416 e. The Hall–Kier alpha value is -2.75. The van der Waals surface area contributed by atoms with Crippen LogP contribution in [-0.4, -0.2) is 32.4 Å². The van der Waals surface area contributed by atoms with Gasteiger partial charge in [0.2, 0.25) is 5.91 Å². The molecule has 0 radical (unpaired) electrons. The molecule has 36 heavy (non-hydrogen) atoms. The first-order valence-electron chi connectivity index (χ1n) is 11.9. The molecule has 0 unspecified atom stereocenters. The number of alkyl halides is 3. The normalized spacial score (nSPS) is 12.9. The van der Waals surface area contributed by atoms with Crippen molar-refractivity contribution in [1.29, 1.82) is 0 Å². The molecule has 6 nitrogen and oxygen atoms in total. The highest BCUT2D eigenvalue weighted by atomic mass is 32.2. The number of ether oxygens (including phenoxy) is 1. The van der Waals surface area contributed by atoms with Crippen molar-refractivity contribution >= 4 is 16.0 Å². The maximum absolute atomic E-state index is 13.2. The lowest BCUT2D eigenvalue weighted by atomic mass is 9.97. The van der Waals surface area contributed by atoms with Gasteiger partial charge in [-0.15, -0.1) is 0 Å². The Balaban J connectivity index is 2.36. The summed E-state index contributed by atoms with van der Waals surface area (Å²) in [4.78, 5) is 14.3. The molecule has 200 valence electrons. The lowest BCUT2D eigenvalue weighted by Crippen LogP contribution is -2.40. The Bertz CT molecular complexity index is 1130. The molecule has 2 aromatic carbocycles. The minimum atomic E-state index is -4.70. The van der Waals surface area contributed by atoms with E-state index in [4.69, 9.17) is 8.92 Å². The van der Waals surface area contributed by atoms with Crippen molar-refractivity contribution in [3.63, 3.8) is 0 Å². The molecule has 10 heteroatoms. The first-order valence-corrected chi connectivity index (χ1v) is 13.3. The molecule has 0 bridgehead atoms. The van der Waals surface area contributed by atoms with E-state index >= 15 is 0 Å². The van der Waals surface area contributed by atoms with E-state index in [9.17, 15) is 26.4 Å². The summed E-state index contributed by atoms with van der Waals surface area (Å²) in [5.41, 5.74) is -0.509.